The summed E-state index contributed by atoms with van der Waals surface area (Å²) in [5.74, 6) is -0.752. The smallest absolute Gasteiger partial charge is 0.295 e. The highest BCUT2D eigenvalue weighted by Gasteiger charge is 2.46. The number of rotatable bonds is 19. The van der Waals surface area contributed by atoms with Gasteiger partial charge in [0.05, 0.1) is 36.4 Å². The van der Waals surface area contributed by atoms with E-state index in [4.69, 9.17) is 22.4 Å². The minimum atomic E-state index is -2.28. The van der Waals surface area contributed by atoms with Gasteiger partial charge in [-0.2, -0.15) is 0 Å². The van der Waals surface area contributed by atoms with Crippen molar-refractivity contribution in [1.29, 1.82) is 0 Å². The average Bonchev–Trinajstić information content (AvgIpc) is 3.74. The number of ether oxygens (including phenoxy) is 3. The fourth-order valence-electron chi connectivity index (χ4n) is 9.02. The molecule has 0 saturated carbocycles. The number of carbonyl (C=O) groups is 3. The molecule has 0 aliphatic carbocycles. The Morgan fingerprint density at radius 2 is 1.27 bits per heavy atom. The minimum Gasteiger partial charge on any atom is -0.508 e. The molecule has 4 aliphatic rings. The molecule has 0 bridgehead atoms. The Balaban J connectivity index is 1.13. The van der Waals surface area contributed by atoms with Crippen LogP contribution in [0.1, 0.15) is 171 Å². The molecule has 4 aliphatic heterocycles. The van der Waals surface area contributed by atoms with Crippen molar-refractivity contribution in [2.75, 3.05) is 6.54 Å². The molecule has 342 valence electrons. The van der Waals surface area contributed by atoms with E-state index in [0.29, 0.717) is 77.7 Å². The molecule has 0 spiro atoms. The summed E-state index contributed by atoms with van der Waals surface area (Å²) in [6.07, 6.45) is 7.70. The number of aromatic hydroxyl groups is 2. The van der Waals surface area contributed by atoms with Crippen molar-refractivity contribution in [3.8, 4) is 23.0 Å². The molecule has 2 aromatic rings. The second-order valence-electron chi connectivity index (χ2n) is 18.4. The summed E-state index contributed by atoms with van der Waals surface area (Å²) < 4.78 is 66.7. The summed E-state index contributed by atoms with van der Waals surface area (Å²) in [6.45, 7) is 7.22. The highest BCUT2D eigenvalue weighted by molar-refractivity contribution is 6.01. The first-order valence-corrected chi connectivity index (χ1v) is 22.1. The highest BCUT2D eigenvalue weighted by atomic mass is 16.5. The largest absolute Gasteiger partial charge is 0.508 e. The van der Waals surface area contributed by atoms with Gasteiger partial charge in [-0.3, -0.25) is 19.3 Å². The van der Waals surface area contributed by atoms with E-state index in [9.17, 15) is 34.8 Å². The Morgan fingerprint density at radius 3 is 1.75 bits per heavy atom. The van der Waals surface area contributed by atoms with Crippen molar-refractivity contribution in [1.82, 2.24) is 9.80 Å². The van der Waals surface area contributed by atoms with E-state index in [0.717, 1.165) is 11.1 Å². The molecule has 63 heavy (non-hydrogen) atoms. The lowest BCUT2D eigenvalue weighted by Crippen LogP contribution is -2.49. The number of aliphatic hydroxyl groups is 2. The zero-order valence-electron chi connectivity index (χ0n) is 43.5. The average molecular weight is 875 g/mol. The Labute approximate surface area is 381 Å². The number of hydrogen-bond acceptors (Lipinski definition) is 10. The molecule has 2 amide bonds. The van der Waals surface area contributed by atoms with E-state index in [1.807, 2.05) is 39.8 Å². The molecular weight excluding hydrogens is 801 g/mol. The molecule has 2 aromatic carbocycles. The number of fused-ring (bicyclic) bond motifs is 6. The van der Waals surface area contributed by atoms with Crippen LogP contribution in [0.4, 0.5) is 0 Å². The first kappa shape index (κ1) is 39.5. The van der Waals surface area contributed by atoms with Gasteiger partial charge in [-0.05, 0) is 125 Å². The van der Waals surface area contributed by atoms with Crippen LogP contribution in [-0.2, 0) is 35.5 Å². The van der Waals surface area contributed by atoms with Gasteiger partial charge in [0.2, 0.25) is 0 Å². The molecule has 0 unspecified atom stereocenters. The van der Waals surface area contributed by atoms with Gasteiger partial charge in [-0.25, -0.2) is 0 Å². The summed E-state index contributed by atoms with van der Waals surface area (Å²) in [7, 11) is 0. The third-order valence-corrected chi connectivity index (χ3v) is 12.9. The summed E-state index contributed by atoms with van der Waals surface area (Å²) in [6, 6.07) is 2.71. The summed E-state index contributed by atoms with van der Waals surface area (Å²) in [5, 5.41) is 44.8. The maximum Gasteiger partial charge on any atom is 0.295 e. The third kappa shape index (κ3) is 10.5. The third-order valence-electron chi connectivity index (χ3n) is 12.9. The fourth-order valence-corrected chi connectivity index (χ4v) is 9.02. The van der Waals surface area contributed by atoms with Gasteiger partial charge in [0.15, 0.2) is 6.23 Å². The van der Waals surface area contributed by atoms with Crippen molar-refractivity contribution in [2.24, 2.45) is 0 Å². The van der Waals surface area contributed by atoms with Crippen molar-refractivity contribution in [2.45, 2.75) is 175 Å². The molecule has 0 fully saturated rings. The van der Waals surface area contributed by atoms with Crippen molar-refractivity contribution in [3.05, 3.63) is 92.1 Å². The Hall–Kier alpha value is -5.07. The molecule has 12 nitrogen and oxygen atoms in total. The second-order valence-corrected chi connectivity index (χ2v) is 18.4. The zero-order chi connectivity index (χ0) is 50.8. The van der Waals surface area contributed by atoms with Crippen LogP contribution >= 0.6 is 0 Å². The van der Waals surface area contributed by atoms with Crippen LogP contribution in [0.15, 0.2) is 58.7 Å². The van der Waals surface area contributed by atoms with Crippen molar-refractivity contribution >= 4 is 18.3 Å². The number of aliphatic hydroxyl groups excluding tert-OH is 2. The molecular formula is C51H68N2O10. The number of amides is 2. The van der Waals surface area contributed by atoms with Crippen molar-refractivity contribution < 1.29 is 57.2 Å². The van der Waals surface area contributed by atoms with Gasteiger partial charge >= 0.3 is 0 Å². The normalized spacial score (nSPS) is 25.1. The minimum absolute atomic E-state index is 0.0178. The van der Waals surface area contributed by atoms with Crippen LogP contribution < -0.4 is 9.47 Å². The zero-order valence-corrected chi connectivity index (χ0v) is 37.5. The van der Waals surface area contributed by atoms with Gasteiger partial charge in [-0.15, -0.1) is 0 Å². The number of hydrogen-bond donors (Lipinski definition) is 4. The first-order valence-electron chi connectivity index (χ1n) is 25.1. The lowest BCUT2D eigenvalue weighted by molar-refractivity contribution is -0.141. The number of phenolic OH excluding ortho intramolecular Hbond substituents is 2. The Bertz CT molecular complexity index is 2420. The summed E-state index contributed by atoms with van der Waals surface area (Å²) >= 11 is 0. The van der Waals surface area contributed by atoms with Crippen LogP contribution in [0.5, 0.6) is 23.0 Å². The van der Waals surface area contributed by atoms with Crippen LogP contribution in [0.25, 0.3) is 0 Å². The maximum atomic E-state index is 14.0. The number of carbonyl (C=O) groups excluding carboxylic acids is 3. The molecule has 0 saturated heterocycles. The molecule has 4 heterocycles. The molecule has 5 atom stereocenters. The predicted octanol–water partition coefficient (Wildman–Crippen LogP) is 9.04. The van der Waals surface area contributed by atoms with E-state index in [1.54, 1.807) is 30.9 Å². The van der Waals surface area contributed by atoms with Crippen LogP contribution in [0.3, 0.4) is 0 Å². The molecule has 12 heteroatoms. The van der Waals surface area contributed by atoms with Gasteiger partial charge < -0.3 is 39.5 Å². The van der Waals surface area contributed by atoms with E-state index < -0.39 is 49.2 Å². The van der Waals surface area contributed by atoms with E-state index in [2.05, 4.69) is 0 Å². The van der Waals surface area contributed by atoms with Crippen molar-refractivity contribution in [3.63, 3.8) is 0 Å². The number of allylic oxidation sites excluding steroid dienone is 8. The monoisotopic (exact) mass is 875 g/mol. The van der Waals surface area contributed by atoms with E-state index in [1.165, 1.54) is 17.0 Å². The maximum absolute atomic E-state index is 14.0. The number of phenols is 2. The van der Waals surface area contributed by atoms with E-state index in [-0.39, 0.29) is 98.9 Å². The SMILES string of the molecule is [2H]C([2H])([2H])/C(=C\CC[C@]1(C)Oc2c(c(O)cc3c2CN(CCC[C@@H](OC=O)N2Cc4c(cc(O)c5c4O[C@@](C)(CC/C=C(/CCC=C(C)C)C([2H])([2H])[2H])[C@@H](O)C5)C2=O)C3=O)C[C@@H]1O)CCC=C(C)C. The lowest BCUT2D eigenvalue weighted by atomic mass is 9.84. The quantitative estimate of drug-likeness (QED) is 0.0790. The molecule has 4 N–H and O–H groups in total. The Kier molecular flexibility index (Phi) is 12.4. The second kappa shape index (κ2) is 19.8. The summed E-state index contributed by atoms with van der Waals surface area (Å²) in [5.41, 5.74) is 2.57. The standard InChI is InChI=1S/C51H68N2O10/c1-31(2)14-9-16-33(5)18-11-21-50(7)43(57)26-37-41(55)24-35-39(46(37)62-50)28-52(48(35)59)23-13-20-45(61-30-54)53-29-40-36(49(53)60)25-42(56)38-27-44(58)51(8,63-47(38)40)22-12-19-34(6)17-10-15-32(3)4/h14-15,18-19,24-25,30,43-45,55-58H,9-13,16-17,20-23,26-29H2,1-8H3/b33-18+,34-19+/t43-,44-,45+,50-,51-/m0/s1/i5D3,6D3. The van der Waals surface area contributed by atoms with Gasteiger partial charge in [-0.1, -0.05) is 46.6 Å². The van der Waals surface area contributed by atoms with Crippen LogP contribution in [0.2, 0.25) is 0 Å². The van der Waals surface area contributed by atoms with Gasteiger partial charge in [0.25, 0.3) is 18.3 Å². The molecule has 6 rings (SSSR count). The van der Waals surface area contributed by atoms with Gasteiger partial charge in [0.1, 0.15) is 34.2 Å². The first-order chi connectivity index (χ1) is 32.3. The molecule has 0 radical (unpaired) electrons. The predicted molar refractivity (Wildman–Crippen MR) is 242 cm³/mol. The lowest BCUT2D eigenvalue weighted by Gasteiger charge is -2.41. The topological polar surface area (TPSA) is 166 Å². The van der Waals surface area contributed by atoms with Crippen LogP contribution in [-0.4, -0.2) is 84.7 Å². The van der Waals surface area contributed by atoms with Gasteiger partial charge in [0, 0.05) is 56.3 Å². The molecule has 0 aromatic heterocycles. The van der Waals surface area contributed by atoms with E-state index >= 15 is 0 Å². The Morgan fingerprint density at radius 1 is 0.778 bits per heavy atom. The number of nitrogens with zero attached hydrogens (tertiary/aromatic N) is 2. The van der Waals surface area contributed by atoms with Crippen LogP contribution in [0, 0.1) is 0 Å². The highest BCUT2D eigenvalue weighted by Crippen LogP contribution is 2.48. The fraction of sp³-hybridized carbons (Fsp3) is 0.549. The number of benzene rings is 2. The summed E-state index contributed by atoms with van der Waals surface area (Å²) in [4.78, 5) is 42.7.